The van der Waals surface area contributed by atoms with Crippen molar-refractivity contribution < 1.29 is 56.4 Å². The lowest BCUT2D eigenvalue weighted by Gasteiger charge is -2.09. The standard InChI is InChI=1S/C18H16FN3OS.C17H17FN4O2S.C17H14FN3OS.C12H9BrFN3O.C12H10BrFN2O2/c1-10-9-24-11(2)16(10)17-15(8-20)22(3)21-18(17)13-6-5-12(23-4)7-14(13)19;1-8-7-25-9(2)13(8)14-15(11-5-4-10(23)6-12(11)18)20-22(3)16(14)17(19)21-24;1-9-8-23-10(2)15(9)16-14(7-19)21(3)20-17(16)12-5-4-11(22)6-13(12)18;1-17-10(6-15)11(13)12(16-17)8-4-3-7(18-2)5-9(8)14;1-16-10(6-17)11(13)12(15-16)8-4-3-7(18-2)5-9(8)14/h5-7,9H,1-4H3;4-7,23-24H,1-3H3,(H2,19,21);4-6,8,22H,1-3H3;3-5H,1-2H3;3-6H,1-2H3. The number of aldehydes is 1. The fourth-order valence-corrected chi connectivity index (χ4v) is 15.6. The normalized spacial score (nSPS) is 10.9. The van der Waals surface area contributed by atoms with Crippen LogP contribution in [0.1, 0.15) is 64.6 Å². The second-order valence-electron chi connectivity index (χ2n) is 23.7. The van der Waals surface area contributed by atoms with E-state index in [1.54, 1.807) is 106 Å². The largest absolute Gasteiger partial charge is 0.508 e. The molecule has 13 aromatic rings. The van der Waals surface area contributed by atoms with E-state index in [-0.39, 0.29) is 28.5 Å². The van der Waals surface area contributed by atoms with Crippen molar-refractivity contribution >= 4 is 78.0 Å². The third-order valence-corrected chi connectivity index (χ3v) is 21.5. The van der Waals surface area contributed by atoms with E-state index >= 15 is 0 Å². The van der Waals surface area contributed by atoms with Crippen LogP contribution in [0.3, 0.4) is 0 Å². The van der Waals surface area contributed by atoms with Crippen molar-refractivity contribution in [3.05, 3.63) is 205 Å². The summed E-state index contributed by atoms with van der Waals surface area (Å²) < 4.78 is 94.3. The third kappa shape index (κ3) is 16.3. The Balaban J connectivity index is 0.000000157. The Hall–Kier alpha value is -11.7. The number of oxime groups is 1. The summed E-state index contributed by atoms with van der Waals surface area (Å²) in [4.78, 5) is 14.0. The van der Waals surface area contributed by atoms with Crippen molar-refractivity contribution in [2.24, 2.45) is 46.1 Å². The summed E-state index contributed by atoms with van der Waals surface area (Å²) >= 11 is 11.3. The molecule has 32 heteroatoms. The molecule has 0 radical (unpaired) electrons. The van der Waals surface area contributed by atoms with Crippen molar-refractivity contribution in [2.45, 2.75) is 41.5 Å². The van der Waals surface area contributed by atoms with Gasteiger partial charge in [0.05, 0.1) is 30.3 Å². The average molecular weight is 1650 g/mol. The highest BCUT2D eigenvalue weighted by Gasteiger charge is 2.30. The Kier molecular flexibility index (Phi) is 25.5. The van der Waals surface area contributed by atoms with Gasteiger partial charge < -0.3 is 35.4 Å². The second-order valence-corrected chi connectivity index (χ2v) is 28.6. The number of rotatable bonds is 13. The van der Waals surface area contributed by atoms with E-state index < -0.39 is 29.1 Å². The number of nitrogens with zero attached hydrogens (tertiary/aromatic N) is 14. The minimum absolute atomic E-state index is 0.111. The molecular weight excluding hydrogens is 1590 g/mol. The summed E-state index contributed by atoms with van der Waals surface area (Å²) in [6.07, 6.45) is 0.669. The predicted molar refractivity (Wildman–Crippen MR) is 412 cm³/mol. The summed E-state index contributed by atoms with van der Waals surface area (Å²) in [5.74, 6) is -1.62. The van der Waals surface area contributed by atoms with Gasteiger partial charge in [-0.1, -0.05) is 5.16 Å². The van der Waals surface area contributed by atoms with Gasteiger partial charge in [-0.25, -0.2) is 22.0 Å². The van der Waals surface area contributed by atoms with Crippen LogP contribution in [0.4, 0.5) is 22.0 Å². The number of carbonyl (C=O) groups excluding carboxylic acids is 1. The van der Waals surface area contributed by atoms with Crippen LogP contribution in [-0.4, -0.2) is 97.8 Å². The van der Waals surface area contributed by atoms with E-state index in [4.69, 9.17) is 30.4 Å². The molecule has 108 heavy (non-hydrogen) atoms. The zero-order chi connectivity index (χ0) is 79.0. The van der Waals surface area contributed by atoms with Gasteiger partial charge in [-0.2, -0.15) is 41.3 Å². The number of ether oxygens (including phenoxy) is 3. The molecule has 0 spiro atoms. The molecular formula is C76H66Br2F5N15O7S3. The average Bonchev–Trinajstić information content (AvgIpc) is 1.61. The molecule has 0 aliphatic rings. The molecule has 8 heterocycles. The molecule has 13 rings (SSSR count). The first kappa shape index (κ1) is 80.4. The Morgan fingerprint density at radius 1 is 0.463 bits per heavy atom. The SMILES string of the molecule is COc1ccc(-c2nn(C)c(C#N)c2-c2c(C)csc2C)c(F)c1.COc1ccc(-c2nn(C)c(C#N)c2Br)c(F)c1.COc1ccc(-c2nn(C)c(C=O)c2Br)c(F)c1.Cc1csc(C)c1-c1c(-c2ccc(O)cc2F)nn(C)c1/C(N)=N/O.Cc1csc(C)c1-c1c(-c2ccc(O)cc2F)nn(C)c1C#N. The number of aryl methyl sites for hydroxylation is 11. The monoisotopic (exact) mass is 1650 g/mol. The predicted octanol–water partition coefficient (Wildman–Crippen LogP) is 17.7. The van der Waals surface area contributed by atoms with Gasteiger partial charge in [-0.05, 0) is 167 Å². The Morgan fingerprint density at radius 3 is 1.07 bits per heavy atom. The summed E-state index contributed by atoms with van der Waals surface area (Å²) in [5, 5.41) is 86.7. The van der Waals surface area contributed by atoms with Crippen LogP contribution >= 0.6 is 65.9 Å². The van der Waals surface area contributed by atoms with Crippen LogP contribution in [-0.2, 0) is 35.2 Å². The van der Waals surface area contributed by atoms with Gasteiger partial charge in [0.1, 0.15) is 127 Å². The van der Waals surface area contributed by atoms with Crippen molar-refractivity contribution in [2.75, 3.05) is 21.3 Å². The minimum atomic E-state index is -0.601. The molecule has 5 N–H and O–H groups in total. The zero-order valence-corrected chi connectivity index (χ0v) is 65.8. The van der Waals surface area contributed by atoms with Gasteiger partial charge in [0.25, 0.3) is 0 Å². The van der Waals surface area contributed by atoms with Crippen molar-refractivity contribution in [1.82, 2.24) is 48.9 Å². The highest BCUT2D eigenvalue weighted by Crippen LogP contribution is 2.45. The molecule has 0 fully saturated rings. The molecule has 0 unspecified atom stereocenters. The maximum Gasteiger partial charge on any atom is 0.189 e. The van der Waals surface area contributed by atoms with Crippen molar-refractivity contribution in [3.63, 3.8) is 0 Å². The van der Waals surface area contributed by atoms with Crippen molar-refractivity contribution in [1.29, 1.82) is 15.8 Å². The number of hydrogen-bond donors (Lipinski definition) is 4. The number of aromatic nitrogens is 10. The number of nitriles is 3. The number of methoxy groups -OCH3 is 3. The third-order valence-electron chi connectivity index (χ3n) is 16.9. The lowest BCUT2D eigenvalue weighted by atomic mass is 9.96. The fraction of sp³-hybridized carbons (Fsp3) is 0.184. The van der Waals surface area contributed by atoms with Gasteiger partial charge in [-0.15, -0.1) is 34.0 Å². The quantitative estimate of drug-likeness (QED) is 0.0208. The Labute approximate surface area is 645 Å². The molecule has 0 aliphatic carbocycles. The van der Waals surface area contributed by atoms with E-state index in [2.05, 4.69) is 74.6 Å². The number of halogens is 7. The van der Waals surface area contributed by atoms with Gasteiger partial charge >= 0.3 is 0 Å². The first-order valence-electron chi connectivity index (χ1n) is 31.9. The second kappa shape index (κ2) is 34.2. The lowest BCUT2D eigenvalue weighted by Crippen LogP contribution is -2.18. The van der Waals surface area contributed by atoms with Crippen LogP contribution in [0.25, 0.3) is 89.7 Å². The van der Waals surface area contributed by atoms with E-state index in [1.807, 2.05) is 63.8 Å². The number of amidine groups is 1. The van der Waals surface area contributed by atoms with Gasteiger partial charge in [-0.3, -0.25) is 28.2 Å². The highest BCUT2D eigenvalue weighted by molar-refractivity contribution is 9.11. The molecule has 0 saturated heterocycles. The Morgan fingerprint density at radius 2 is 0.769 bits per heavy atom. The van der Waals surface area contributed by atoms with Crippen LogP contribution in [0.5, 0.6) is 28.7 Å². The molecule has 8 aromatic heterocycles. The molecule has 0 aliphatic heterocycles. The smallest absolute Gasteiger partial charge is 0.189 e. The van der Waals surface area contributed by atoms with E-state index in [1.165, 1.54) is 87.2 Å². The van der Waals surface area contributed by atoms with Crippen LogP contribution in [0.2, 0.25) is 0 Å². The van der Waals surface area contributed by atoms with Crippen LogP contribution < -0.4 is 19.9 Å². The number of phenols is 2. The topological polar surface area (TPSA) is 304 Å². The molecule has 554 valence electrons. The summed E-state index contributed by atoms with van der Waals surface area (Å²) in [5.41, 5.74) is 19.0. The molecule has 0 saturated carbocycles. The van der Waals surface area contributed by atoms with Gasteiger partial charge in [0.15, 0.2) is 17.8 Å². The van der Waals surface area contributed by atoms with E-state index in [9.17, 15) is 47.5 Å². The van der Waals surface area contributed by atoms with Crippen LogP contribution in [0.15, 0.2) is 121 Å². The summed E-state index contributed by atoms with van der Waals surface area (Å²) in [6.45, 7) is 11.8. The molecule has 0 amide bonds. The molecule has 0 bridgehead atoms. The number of aromatic hydroxyl groups is 2. The van der Waals surface area contributed by atoms with E-state index in [0.29, 0.717) is 123 Å². The number of thiophene rings is 3. The highest BCUT2D eigenvalue weighted by atomic mass is 79.9. The molecule has 0 atom stereocenters. The number of phenolic OH excluding ortho intramolecular Hbond substituents is 2. The van der Waals surface area contributed by atoms with Crippen molar-refractivity contribution in [3.8, 4) is 137 Å². The first-order chi connectivity index (χ1) is 51.4. The zero-order valence-electron chi connectivity index (χ0n) is 60.2. The maximum atomic E-state index is 14.6. The molecule has 5 aromatic carbocycles. The molecule has 22 nitrogen and oxygen atoms in total. The summed E-state index contributed by atoms with van der Waals surface area (Å²) in [6, 6.07) is 27.8. The number of nitrogens with two attached hydrogens (primary N) is 1. The van der Waals surface area contributed by atoms with Gasteiger partial charge in [0.2, 0.25) is 0 Å². The Bertz CT molecular complexity index is 5710. The maximum absolute atomic E-state index is 14.6. The minimum Gasteiger partial charge on any atom is -0.508 e. The number of benzene rings is 5. The number of hydrogen-bond acceptors (Lipinski definition) is 19. The van der Waals surface area contributed by atoms with Gasteiger partial charge in [0, 0.05) is 141 Å². The first-order valence-corrected chi connectivity index (χ1v) is 36.1. The van der Waals surface area contributed by atoms with E-state index in [0.717, 1.165) is 60.1 Å². The van der Waals surface area contributed by atoms with Crippen LogP contribution in [0, 0.1) is 105 Å². The fourth-order valence-electron chi connectivity index (χ4n) is 11.7. The lowest BCUT2D eigenvalue weighted by molar-refractivity contribution is 0.111. The number of carbonyl (C=O) groups is 1. The summed E-state index contributed by atoms with van der Waals surface area (Å²) in [7, 11) is 12.7.